The lowest BCUT2D eigenvalue weighted by molar-refractivity contribution is -0.121. The SMILES string of the molecule is CCCCN(C(=O)COC(=O)c1ccc(C)nc1)c1c(N)n(CCC)c(=O)[nH]c1=O. The van der Waals surface area contributed by atoms with Crippen molar-refractivity contribution in [2.24, 2.45) is 0 Å². The summed E-state index contributed by atoms with van der Waals surface area (Å²) in [4.78, 5) is 56.9. The number of carbonyl (C=O) groups excluding carboxylic acids is 2. The van der Waals surface area contributed by atoms with Crippen molar-refractivity contribution in [2.45, 2.75) is 46.6 Å². The van der Waals surface area contributed by atoms with E-state index in [9.17, 15) is 19.2 Å². The molecule has 0 atom stereocenters. The maximum Gasteiger partial charge on any atom is 0.340 e. The summed E-state index contributed by atoms with van der Waals surface area (Å²) in [6, 6.07) is 3.20. The molecular weight excluding hydrogens is 390 g/mol. The molecule has 0 bridgehead atoms. The molecule has 0 aliphatic carbocycles. The number of hydrogen-bond acceptors (Lipinski definition) is 7. The summed E-state index contributed by atoms with van der Waals surface area (Å²) in [5.41, 5.74) is 5.52. The molecule has 0 fully saturated rings. The number of nitrogens with one attached hydrogen (secondary N) is 1. The number of nitrogens with zero attached hydrogens (tertiary/aromatic N) is 3. The van der Waals surface area contributed by atoms with Crippen LogP contribution in [-0.4, -0.2) is 39.6 Å². The fraction of sp³-hybridized carbons (Fsp3) is 0.450. The van der Waals surface area contributed by atoms with Crippen molar-refractivity contribution in [3.63, 3.8) is 0 Å². The smallest absolute Gasteiger partial charge is 0.340 e. The van der Waals surface area contributed by atoms with Gasteiger partial charge in [-0.15, -0.1) is 0 Å². The summed E-state index contributed by atoms with van der Waals surface area (Å²) >= 11 is 0. The molecule has 10 nitrogen and oxygen atoms in total. The lowest BCUT2D eigenvalue weighted by Crippen LogP contribution is -2.43. The summed E-state index contributed by atoms with van der Waals surface area (Å²) in [6.45, 7) is 5.47. The van der Waals surface area contributed by atoms with Crippen molar-refractivity contribution in [3.05, 3.63) is 50.4 Å². The first-order chi connectivity index (χ1) is 14.3. The highest BCUT2D eigenvalue weighted by molar-refractivity contribution is 5.98. The predicted molar refractivity (Wildman–Crippen MR) is 113 cm³/mol. The van der Waals surface area contributed by atoms with Gasteiger partial charge in [0.2, 0.25) is 0 Å². The van der Waals surface area contributed by atoms with E-state index in [1.165, 1.54) is 15.7 Å². The van der Waals surface area contributed by atoms with Gasteiger partial charge in [-0.3, -0.25) is 24.1 Å². The molecule has 0 aliphatic heterocycles. The van der Waals surface area contributed by atoms with E-state index in [2.05, 4.69) is 9.97 Å². The zero-order valence-electron chi connectivity index (χ0n) is 17.4. The zero-order chi connectivity index (χ0) is 22.3. The quantitative estimate of drug-likeness (QED) is 0.585. The number of pyridine rings is 1. The van der Waals surface area contributed by atoms with E-state index in [-0.39, 0.29) is 23.6 Å². The highest BCUT2D eigenvalue weighted by Gasteiger charge is 2.25. The van der Waals surface area contributed by atoms with Gasteiger partial charge in [-0.2, -0.15) is 0 Å². The Hall–Kier alpha value is -3.43. The van der Waals surface area contributed by atoms with Gasteiger partial charge in [0.05, 0.1) is 5.56 Å². The van der Waals surface area contributed by atoms with E-state index >= 15 is 0 Å². The molecule has 2 aromatic rings. The van der Waals surface area contributed by atoms with Gasteiger partial charge in [0.25, 0.3) is 11.5 Å². The zero-order valence-corrected chi connectivity index (χ0v) is 17.4. The fourth-order valence-corrected chi connectivity index (χ4v) is 2.84. The van der Waals surface area contributed by atoms with Gasteiger partial charge in [0, 0.05) is 25.0 Å². The minimum Gasteiger partial charge on any atom is -0.452 e. The first-order valence-corrected chi connectivity index (χ1v) is 9.82. The van der Waals surface area contributed by atoms with Gasteiger partial charge in [-0.05, 0) is 31.9 Å². The normalized spacial score (nSPS) is 10.6. The number of rotatable bonds is 9. The minimum atomic E-state index is -0.761. The van der Waals surface area contributed by atoms with Crippen LogP contribution in [0.3, 0.4) is 0 Å². The topological polar surface area (TPSA) is 140 Å². The third kappa shape index (κ3) is 5.34. The molecule has 0 saturated carbocycles. The van der Waals surface area contributed by atoms with Gasteiger partial charge in [0.15, 0.2) is 12.3 Å². The Balaban J connectivity index is 2.29. The van der Waals surface area contributed by atoms with Crippen molar-refractivity contribution >= 4 is 23.4 Å². The van der Waals surface area contributed by atoms with Crippen LogP contribution in [0.1, 0.15) is 49.2 Å². The van der Waals surface area contributed by atoms with Crippen molar-refractivity contribution in [1.29, 1.82) is 0 Å². The van der Waals surface area contributed by atoms with Crippen LogP contribution in [0, 0.1) is 6.92 Å². The number of H-pyrrole nitrogens is 1. The monoisotopic (exact) mass is 417 g/mol. The Morgan fingerprint density at radius 1 is 1.23 bits per heavy atom. The Kier molecular flexibility index (Phi) is 7.90. The van der Waals surface area contributed by atoms with Gasteiger partial charge >= 0.3 is 11.7 Å². The molecule has 2 rings (SSSR count). The number of aryl methyl sites for hydroxylation is 1. The maximum absolute atomic E-state index is 12.8. The van der Waals surface area contributed by atoms with Crippen molar-refractivity contribution < 1.29 is 14.3 Å². The number of nitrogens with two attached hydrogens (primary N) is 1. The molecule has 30 heavy (non-hydrogen) atoms. The molecule has 1 amide bonds. The lowest BCUT2D eigenvalue weighted by atomic mass is 10.2. The van der Waals surface area contributed by atoms with Crippen LogP contribution < -0.4 is 21.9 Å². The third-order valence-corrected chi connectivity index (χ3v) is 4.44. The van der Waals surface area contributed by atoms with Crippen molar-refractivity contribution in [3.8, 4) is 0 Å². The predicted octanol–water partition coefficient (Wildman–Crippen LogP) is 1.22. The summed E-state index contributed by atoms with van der Waals surface area (Å²) in [7, 11) is 0. The molecule has 0 saturated heterocycles. The maximum atomic E-state index is 12.8. The Morgan fingerprint density at radius 2 is 1.97 bits per heavy atom. The van der Waals surface area contributed by atoms with Gasteiger partial charge in [0.1, 0.15) is 5.82 Å². The number of esters is 1. The second-order valence-corrected chi connectivity index (χ2v) is 6.81. The number of unbranched alkanes of at least 4 members (excludes halogenated alkanes) is 1. The number of anilines is 2. The van der Waals surface area contributed by atoms with Gasteiger partial charge < -0.3 is 15.4 Å². The average Bonchev–Trinajstić information content (AvgIpc) is 2.71. The first-order valence-electron chi connectivity index (χ1n) is 9.82. The van der Waals surface area contributed by atoms with Crippen LogP contribution in [-0.2, 0) is 16.1 Å². The molecule has 0 aliphatic rings. The van der Waals surface area contributed by atoms with Crippen LogP contribution >= 0.6 is 0 Å². The van der Waals surface area contributed by atoms with E-state index < -0.39 is 29.7 Å². The van der Waals surface area contributed by atoms with Crippen LogP contribution in [0.15, 0.2) is 27.9 Å². The molecule has 0 unspecified atom stereocenters. The summed E-state index contributed by atoms with van der Waals surface area (Å²) in [5, 5.41) is 0. The Morgan fingerprint density at radius 3 is 2.57 bits per heavy atom. The van der Waals surface area contributed by atoms with E-state index in [0.717, 1.165) is 12.1 Å². The highest BCUT2D eigenvalue weighted by atomic mass is 16.5. The van der Waals surface area contributed by atoms with Crippen LogP contribution in [0.5, 0.6) is 0 Å². The number of aromatic nitrogens is 3. The minimum absolute atomic E-state index is 0.0934. The number of ether oxygens (including phenoxy) is 1. The van der Waals surface area contributed by atoms with E-state index in [1.54, 1.807) is 19.1 Å². The van der Waals surface area contributed by atoms with Crippen LogP contribution in [0.4, 0.5) is 11.5 Å². The molecular formula is C20H27N5O5. The number of carbonyl (C=O) groups is 2. The number of aromatic amines is 1. The summed E-state index contributed by atoms with van der Waals surface area (Å²) in [5.74, 6) is -1.41. The van der Waals surface area contributed by atoms with E-state index in [4.69, 9.17) is 10.5 Å². The van der Waals surface area contributed by atoms with Crippen LogP contribution in [0.25, 0.3) is 0 Å². The Labute approximate surface area is 173 Å². The third-order valence-electron chi connectivity index (χ3n) is 4.44. The highest BCUT2D eigenvalue weighted by Crippen LogP contribution is 2.18. The van der Waals surface area contributed by atoms with E-state index in [0.29, 0.717) is 19.4 Å². The second-order valence-electron chi connectivity index (χ2n) is 6.81. The molecule has 10 heteroatoms. The lowest BCUT2D eigenvalue weighted by Gasteiger charge is -2.24. The second kappa shape index (κ2) is 10.4. The standard InChI is InChI=1S/C20H27N5O5/c1-4-6-10-24(16-17(21)25(9-5-2)20(29)23-18(16)27)15(26)12-30-19(28)14-8-7-13(3)22-11-14/h7-8,11H,4-6,9-10,12,21H2,1-3H3,(H,23,27,29). The molecule has 0 aromatic carbocycles. The molecule has 2 aromatic heterocycles. The fourth-order valence-electron chi connectivity index (χ4n) is 2.84. The molecule has 2 heterocycles. The van der Waals surface area contributed by atoms with Crippen LogP contribution in [0.2, 0.25) is 0 Å². The molecule has 0 spiro atoms. The molecule has 0 radical (unpaired) electrons. The molecule has 3 N–H and O–H groups in total. The number of hydrogen-bond donors (Lipinski definition) is 2. The van der Waals surface area contributed by atoms with E-state index in [1.807, 2.05) is 13.8 Å². The van der Waals surface area contributed by atoms with Gasteiger partial charge in [-0.1, -0.05) is 20.3 Å². The summed E-state index contributed by atoms with van der Waals surface area (Å²) in [6.07, 6.45) is 3.32. The molecule has 162 valence electrons. The van der Waals surface area contributed by atoms with Crippen molar-refractivity contribution in [1.82, 2.24) is 14.5 Å². The number of nitrogen functional groups attached to an aromatic ring is 1. The van der Waals surface area contributed by atoms with Gasteiger partial charge in [-0.25, -0.2) is 9.59 Å². The summed E-state index contributed by atoms with van der Waals surface area (Å²) < 4.78 is 6.32. The first kappa shape index (κ1) is 22.9. The average molecular weight is 417 g/mol. The Bertz CT molecular complexity index is 1010. The van der Waals surface area contributed by atoms with Crippen molar-refractivity contribution in [2.75, 3.05) is 23.8 Å². The largest absolute Gasteiger partial charge is 0.452 e. The number of amides is 1.